The van der Waals surface area contributed by atoms with Crippen molar-refractivity contribution in [3.8, 4) is 0 Å². The second kappa shape index (κ2) is 4.88. The minimum atomic E-state index is 0.792. The standard InChI is InChI=1S/C9H12IN3O/c10-8-6-11-7-12-9(8)13-2-1-4-14-5-3-13/h6-7H,1-5H2. The Morgan fingerprint density at radius 1 is 1.36 bits per heavy atom. The van der Waals surface area contributed by atoms with Crippen molar-refractivity contribution >= 4 is 28.4 Å². The van der Waals surface area contributed by atoms with Gasteiger partial charge in [0.15, 0.2) is 0 Å². The van der Waals surface area contributed by atoms with Gasteiger partial charge in [0.1, 0.15) is 12.1 Å². The minimum Gasteiger partial charge on any atom is -0.380 e. The van der Waals surface area contributed by atoms with Crippen molar-refractivity contribution < 1.29 is 4.74 Å². The Bertz CT molecular complexity index is 300. The highest BCUT2D eigenvalue weighted by Gasteiger charge is 2.13. The summed E-state index contributed by atoms with van der Waals surface area (Å²) < 4.78 is 6.50. The van der Waals surface area contributed by atoms with E-state index >= 15 is 0 Å². The van der Waals surface area contributed by atoms with E-state index in [2.05, 4.69) is 37.5 Å². The van der Waals surface area contributed by atoms with Crippen molar-refractivity contribution in [1.82, 2.24) is 9.97 Å². The Morgan fingerprint density at radius 2 is 2.29 bits per heavy atom. The molecule has 14 heavy (non-hydrogen) atoms. The van der Waals surface area contributed by atoms with Crippen molar-refractivity contribution in [1.29, 1.82) is 0 Å². The Labute approximate surface area is 96.8 Å². The number of rotatable bonds is 1. The van der Waals surface area contributed by atoms with Gasteiger partial charge < -0.3 is 9.64 Å². The lowest BCUT2D eigenvalue weighted by atomic mass is 10.4. The number of hydrogen-bond donors (Lipinski definition) is 0. The third kappa shape index (κ3) is 2.33. The van der Waals surface area contributed by atoms with E-state index in [9.17, 15) is 0 Å². The first-order valence-electron chi connectivity index (χ1n) is 4.66. The summed E-state index contributed by atoms with van der Waals surface area (Å²) in [4.78, 5) is 10.5. The van der Waals surface area contributed by atoms with E-state index < -0.39 is 0 Å². The molecule has 0 atom stereocenters. The van der Waals surface area contributed by atoms with Gasteiger partial charge in [-0.3, -0.25) is 0 Å². The van der Waals surface area contributed by atoms with E-state index in [1.807, 2.05) is 6.20 Å². The van der Waals surface area contributed by atoms with Crippen LogP contribution in [0.3, 0.4) is 0 Å². The van der Waals surface area contributed by atoms with Crippen molar-refractivity contribution in [3.63, 3.8) is 0 Å². The zero-order valence-corrected chi connectivity index (χ0v) is 9.98. The number of hydrogen-bond acceptors (Lipinski definition) is 4. The molecule has 1 saturated heterocycles. The maximum absolute atomic E-state index is 5.40. The highest BCUT2D eigenvalue weighted by Crippen LogP contribution is 2.18. The molecule has 1 aliphatic heterocycles. The summed E-state index contributed by atoms with van der Waals surface area (Å²) in [5.41, 5.74) is 0. The zero-order chi connectivity index (χ0) is 9.80. The molecule has 0 unspecified atom stereocenters. The highest BCUT2D eigenvalue weighted by atomic mass is 127. The molecule has 1 aromatic rings. The molecular formula is C9H12IN3O. The summed E-state index contributed by atoms with van der Waals surface area (Å²) in [6.45, 7) is 3.60. The largest absolute Gasteiger partial charge is 0.380 e. The molecule has 4 nitrogen and oxygen atoms in total. The van der Waals surface area contributed by atoms with Gasteiger partial charge in [-0.1, -0.05) is 0 Å². The normalized spacial score (nSPS) is 17.9. The lowest BCUT2D eigenvalue weighted by Crippen LogP contribution is -2.27. The Hall–Kier alpha value is -0.430. The molecule has 1 aromatic heterocycles. The number of ether oxygens (including phenoxy) is 1. The predicted molar refractivity (Wildman–Crippen MR) is 62.4 cm³/mol. The number of nitrogens with zero attached hydrogens (tertiary/aromatic N) is 3. The third-order valence-electron chi connectivity index (χ3n) is 2.17. The van der Waals surface area contributed by atoms with E-state index in [0.29, 0.717) is 0 Å². The number of aromatic nitrogens is 2. The van der Waals surface area contributed by atoms with E-state index in [4.69, 9.17) is 4.74 Å². The minimum absolute atomic E-state index is 0.792. The van der Waals surface area contributed by atoms with Gasteiger partial charge in [0.05, 0.1) is 10.2 Å². The third-order valence-corrected chi connectivity index (χ3v) is 2.93. The molecule has 0 saturated carbocycles. The topological polar surface area (TPSA) is 38.2 Å². The van der Waals surface area contributed by atoms with Gasteiger partial charge in [-0.15, -0.1) is 0 Å². The summed E-state index contributed by atoms with van der Waals surface area (Å²) >= 11 is 2.27. The van der Waals surface area contributed by atoms with Crippen LogP contribution in [0.5, 0.6) is 0 Å². The predicted octanol–water partition coefficient (Wildman–Crippen LogP) is 1.31. The molecule has 2 rings (SSSR count). The molecule has 0 aromatic carbocycles. The van der Waals surface area contributed by atoms with Crippen LogP contribution >= 0.6 is 22.6 Å². The summed E-state index contributed by atoms with van der Waals surface area (Å²) in [5.74, 6) is 1.03. The van der Waals surface area contributed by atoms with Gasteiger partial charge in [-0.25, -0.2) is 9.97 Å². The van der Waals surface area contributed by atoms with Gasteiger partial charge >= 0.3 is 0 Å². The monoisotopic (exact) mass is 305 g/mol. The lowest BCUT2D eigenvalue weighted by Gasteiger charge is -2.21. The molecule has 1 fully saturated rings. The Morgan fingerprint density at radius 3 is 3.14 bits per heavy atom. The molecule has 0 amide bonds. The van der Waals surface area contributed by atoms with E-state index in [0.717, 1.165) is 42.1 Å². The van der Waals surface area contributed by atoms with Crippen molar-refractivity contribution in [2.75, 3.05) is 31.2 Å². The molecule has 0 spiro atoms. The van der Waals surface area contributed by atoms with Crippen LogP contribution in [0, 0.1) is 3.57 Å². The molecule has 76 valence electrons. The van der Waals surface area contributed by atoms with Gasteiger partial charge in [-0.05, 0) is 29.0 Å². The molecule has 1 aliphatic rings. The smallest absolute Gasteiger partial charge is 0.145 e. The number of halogens is 1. The molecule has 0 N–H and O–H groups in total. The average molecular weight is 305 g/mol. The molecule has 2 heterocycles. The fourth-order valence-corrected chi connectivity index (χ4v) is 2.14. The molecule has 5 heteroatoms. The van der Waals surface area contributed by atoms with Crippen LogP contribution in [0.1, 0.15) is 6.42 Å². The lowest BCUT2D eigenvalue weighted by molar-refractivity contribution is 0.152. The average Bonchev–Trinajstić information content (AvgIpc) is 2.47. The first-order valence-corrected chi connectivity index (χ1v) is 5.74. The Balaban J connectivity index is 2.16. The van der Waals surface area contributed by atoms with Crippen LogP contribution < -0.4 is 4.90 Å². The Kier molecular flexibility index (Phi) is 3.52. The maximum atomic E-state index is 5.40. The second-order valence-corrected chi connectivity index (χ2v) is 4.31. The first-order chi connectivity index (χ1) is 6.88. The number of anilines is 1. The van der Waals surface area contributed by atoms with Gasteiger partial charge in [0, 0.05) is 25.9 Å². The fourth-order valence-electron chi connectivity index (χ4n) is 1.50. The van der Waals surface area contributed by atoms with Gasteiger partial charge in [0.25, 0.3) is 0 Å². The highest BCUT2D eigenvalue weighted by molar-refractivity contribution is 14.1. The molecule has 0 radical (unpaired) electrons. The van der Waals surface area contributed by atoms with Crippen molar-refractivity contribution in [2.45, 2.75) is 6.42 Å². The molecular weight excluding hydrogens is 293 g/mol. The summed E-state index contributed by atoms with van der Waals surface area (Å²) in [6.07, 6.45) is 4.51. The van der Waals surface area contributed by atoms with Crippen LogP contribution in [-0.2, 0) is 4.74 Å². The summed E-state index contributed by atoms with van der Waals surface area (Å²) in [5, 5.41) is 0. The zero-order valence-electron chi connectivity index (χ0n) is 7.82. The second-order valence-electron chi connectivity index (χ2n) is 3.15. The first kappa shape index (κ1) is 10.1. The maximum Gasteiger partial charge on any atom is 0.145 e. The van der Waals surface area contributed by atoms with Crippen molar-refractivity contribution in [2.24, 2.45) is 0 Å². The van der Waals surface area contributed by atoms with Crippen molar-refractivity contribution in [3.05, 3.63) is 16.1 Å². The van der Waals surface area contributed by atoms with E-state index in [-0.39, 0.29) is 0 Å². The summed E-state index contributed by atoms with van der Waals surface area (Å²) in [6, 6.07) is 0. The van der Waals surface area contributed by atoms with Crippen LogP contribution in [0.2, 0.25) is 0 Å². The van der Waals surface area contributed by atoms with Gasteiger partial charge in [-0.2, -0.15) is 0 Å². The molecule has 0 bridgehead atoms. The van der Waals surface area contributed by atoms with Crippen LogP contribution in [0.25, 0.3) is 0 Å². The van der Waals surface area contributed by atoms with Crippen LogP contribution in [0.4, 0.5) is 5.82 Å². The quantitative estimate of drug-likeness (QED) is 0.733. The van der Waals surface area contributed by atoms with Gasteiger partial charge in [0.2, 0.25) is 0 Å². The fraction of sp³-hybridized carbons (Fsp3) is 0.556. The van der Waals surface area contributed by atoms with Crippen LogP contribution in [-0.4, -0.2) is 36.3 Å². The van der Waals surface area contributed by atoms with E-state index in [1.54, 1.807) is 6.33 Å². The van der Waals surface area contributed by atoms with Crippen LogP contribution in [0.15, 0.2) is 12.5 Å². The van der Waals surface area contributed by atoms with E-state index in [1.165, 1.54) is 0 Å². The summed E-state index contributed by atoms with van der Waals surface area (Å²) in [7, 11) is 0. The molecule has 0 aliphatic carbocycles. The SMILES string of the molecule is Ic1cncnc1N1CCCOCC1.